The van der Waals surface area contributed by atoms with Gasteiger partial charge in [-0.2, -0.15) is 5.10 Å². The first-order chi connectivity index (χ1) is 10.2. The maximum Gasteiger partial charge on any atom is 0.272 e. The van der Waals surface area contributed by atoms with E-state index in [1.54, 1.807) is 11.8 Å². The highest BCUT2D eigenvalue weighted by Crippen LogP contribution is 2.31. The van der Waals surface area contributed by atoms with Crippen LogP contribution in [0.2, 0.25) is 0 Å². The Morgan fingerprint density at radius 3 is 3.10 bits per heavy atom. The predicted molar refractivity (Wildman–Crippen MR) is 77.2 cm³/mol. The van der Waals surface area contributed by atoms with Gasteiger partial charge < -0.3 is 14.4 Å². The Morgan fingerprint density at radius 1 is 1.57 bits per heavy atom. The fourth-order valence-electron chi connectivity index (χ4n) is 3.46. The summed E-state index contributed by atoms with van der Waals surface area (Å²) in [6.45, 7) is 5.96. The van der Waals surface area contributed by atoms with Crippen LogP contribution in [-0.2, 0) is 16.0 Å². The number of hydrogen-bond donors (Lipinski definition) is 0. The third kappa shape index (κ3) is 2.46. The molecule has 2 aliphatic rings. The molecule has 0 aromatic carbocycles. The van der Waals surface area contributed by atoms with Gasteiger partial charge in [0.05, 0.1) is 18.3 Å². The second-order valence-corrected chi connectivity index (χ2v) is 5.76. The van der Waals surface area contributed by atoms with E-state index in [1.165, 1.54) is 0 Å². The van der Waals surface area contributed by atoms with Gasteiger partial charge in [-0.25, -0.2) is 0 Å². The van der Waals surface area contributed by atoms with Crippen molar-refractivity contribution in [2.75, 3.05) is 20.3 Å². The number of aryl methyl sites for hydroxylation is 2. The van der Waals surface area contributed by atoms with Crippen molar-refractivity contribution in [1.29, 1.82) is 0 Å². The van der Waals surface area contributed by atoms with Crippen LogP contribution in [0.4, 0.5) is 0 Å². The smallest absolute Gasteiger partial charge is 0.272 e. The zero-order valence-corrected chi connectivity index (χ0v) is 12.9. The molecule has 2 fully saturated rings. The Bertz CT molecular complexity index is 528. The van der Waals surface area contributed by atoms with Gasteiger partial charge in [-0.1, -0.05) is 0 Å². The van der Waals surface area contributed by atoms with E-state index in [0.29, 0.717) is 18.8 Å². The van der Waals surface area contributed by atoms with Crippen LogP contribution in [0, 0.1) is 6.92 Å². The summed E-state index contributed by atoms with van der Waals surface area (Å²) in [5, 5.41) is 4.37. The summed E-state index contributed by atoms with van der Waals surface area (Å²) >= 11 is 0. The van der Waals surface area contributed by atoms with Crippen LogP contribution in [0.3, 0.4) is 0 Å². The summed E-state index contributed by atoms with van der Waals surface area (Å²) in [4.78, 5) is 14.8. The highest BCUT2D eigenvalue weighted by atomic mass is 16.5. The van der Waals surface area contributed by atoms with Crippen LogP contribution in [0.5, 0.6) is 0 Å². The molecule has 0 unspecified atom stereocenters. The molecule has 2 saturated heterocycles. The number of ether oxygens (including phenoxy) is 2. The monoisotopic (exact) mass is 293 g/mol. The number of aromatic nitrogens is 2. The second-order valence-electron chi connectivity index (χ2n) is 5.76. The van der Waals surface area contributed by atoms with E-state index in [0.717, 1.165) is 25.1 Å². The third-order valence-corrected chi connectivity index (χ3v) is 4.46. The largest absolute Gasteiger partial charge is 0.377 e. The Labute approximate surface area is 125 Å². The zero-order chi connectivity index (χ0) is 15.0. The van der Waals surface area contributed by atoms with Crippen molar-refractivity contribution in [2.24, 2.45) is 0 Å². The summed E-state index contributed by atoms with van der Waals surface area (Å²) < 4.78 is 13.1. The number of fused-ring (bicyclic) bond motifs is 1. The van der Waals surface area contributed by atoms with Gasteiger partial charge in [-0.05, 0) is 32.8 Å². The van der Waals surface area contributed by atoms with Crippen LogP contribution >= 0.6 is 0 Å². The molecule has 0 radical (unpaired) electrons. The molecule has 1 aromatic heterocycles. The molecule has 0 spiro atoms. The van der Waals surface area contributed by atoms with E-state index in [2.05, 4.69) is 5.10 Å². The Balaban J connectivity index is 1.86. The first-order valence-electron chi connectivity index (χ1n) is 7.65. The SMILES string of the molecule is CCn1nc(C)cc1C(=O)N1C[C@H](OC)[C@H]2OCCC[C@H]21. The molecular weight excluding hydrogens is 270 g/mol. The van der Waals surface area contributed by atoms with Crippen LogP contribution in [0.15, 0.2) is 6.07 Å². The molecule has 21 heavy (non-hydrogen) atoms. The van der Waals surface area contributed by atoms with E-state index in [4.69, 9.17) is 9.47 Å². The lowest BCUT2D eigenvalue weighted by Crippen LogP contribution is -2.44. The average molecular weight is 293 g/mol. The molecule has 2 aliphatic heterocycles. The zero-order valence-electron chi connectivity index (χ0n) is 12.9. The van der Waals surface area contributed by atoms with Gasteiger partial charge in [0.15, 0.2) is 0 Å². The van der Waals surface area contributed by atoms with Gasteiger partial charge in [-0.3, -0.25) is 9.48 Å². The molecule has 0 saturated carbocycles. The van der Waals surface area contributed by atoms with Gasteiger partial charge >= 0.3 is 0 Å². The molecule has 0 aliphatic carbocycles. The van der Waals surface area contributed by atoms with Crippen molar-refractivity contribution in [3.63, 3.8) is 0 Å². The van der Waals surface area contributed by atoms with Crippen LogP contribution in [0.25, 0.3) is 0 Å². The van der Waals surface area contributed by atoms with Gasteiger partial charge in [0.25, 0.3) is 5.91 Å². The Hall–Kier alpha value is -1.40. The molecule has 6 heteroatoms. The lowest BCUT2D eigenvalue weighted by molar-refractivity contribution is -0.0639. The average Bonchev–Trinajstić information content (AvgIpc) is 3.07. The minimum Gasteiger partial charge on any atom is -0.377 e. The molecule has 3 rings (SSSR count). The number of rotatable bonds is 3. The number of amides is 1. The fraction of sp³-hybridized carbons (Fsp3) is 0.733. The van der Waals surface area contributed by atoms with E-state index in [-0.39, 0.29) is 24.2 Å². The molecular formula is C15H23N3O3. The number of carbonyl (C=O) groups excluding carboxylic acids is 1. The first kappa shape index (κ1) is 14.5. The highest BCUT2D eigenvalue weighted by Gasteiger charge is 2.46. The molecule has 3 heterocycles. The topological polar surface area (TPSA) is 56.6 Å². The third-order valence-electron chi connectivity index (χ3n) is 4.46. The summed E-state index contributed by atoms with van der Waals surface area (Å²) in [6.07, 6.45) is 1.95. The molecule has 0 N–H and O–H groups in total. The Morgan fingerprint density at radius 2 is 2.38 bits per heavy atom. The lowest BCUT2D eigenvalue weighted by atomic mass is 10.0. The summed E-state index contributed by atoms with van der Waals surface area (Å²) in [5.74, 6) is 0.0394. The first-order valence-corrected chi connectivity index (χ1v) is 7.65. The number of hydrogen-bond acceptors (Lipinski definition) is 4. The minimum absolute atomic E-state index is 0.00629. The van der Waals surface area contributed by atoms with E-state index in [1.807, 2.05) is 24.8 Å². The van der Waals surface area contributed by atoms with Crippen molar-refractivity contribution >= 4 is 5.91 Å². The van der Waals surface area contributed by atoms with Crippen molar-refractivity contribution in [3.05, 3.63) is 17.5 Å². The van der Waals surface area contributed by atoms with Crippen LogP contribution in [-0.4, -0.2) is 59.1 Å². The highest BCUT2D eigenvalue weighted by molar-refractivity contribution is 5.93. The maximum atomic E-state index is 12.9. The van der Waals surface area contributed by atoms with Crippen molar-refractivity contribution in [3.8, 4) is 0 Å². The standard InChI is InChI=1S/C15H23N3O3/c1-4-18-12(8-10(2)16-18)15(19)17-9-13(20-3)14-11(17)6-5-7-21-14/h8,11,13-14H,4-7,9H2,1-3H3/t11-,13+,14+/m1/s1. The van der Waals surface area contributed by atoms with E-state index in [9.17, 15) is 4.79 Å². The van der Waals surface area contributed by atoms with Crippen molar-refractivity contribution < 1.29 is 14.3 Å². The van der Waals surface area contributed by atoms with Crippen LogP contribution < -0.4 is 0 Å². The molecule has 116 valence electrons. The summed E-state index contributed by atoms with van der Waals surface area (Å²) in [5.41, 5.74) is 1.54. The Kier molecular flexibility index (Phi) is 3.99. The quantitative estimate of drug-likeness (QED) is 0.841. The van der Waals surface area contributed by atoms with Gasteiger partial charge in [0, 0.05) is 20.3 Å². The summed E-state index contributed by atoms with van der Waals surface area (Å²) in [7, 11) is 1.69. The van der Waals surface area contributed by atoms with Crippen LogP contribution in [0.1, 0.15) is 35.9 Å². The number of likely N-dealkylation sites (tertiary alicyclic amines) is 1. The van der Waals surface area contributed by atoms with Gasteiger partial charge in [-0.15, -0.1) is 0 Å². The summed E-state index contributed by atoms with van der Waals surface area (Å²) in [6, 6.07) is 1.99. The predicted octanol–water partition coefficient (Wildman–Crippen LogP) is 1.23. The second kappa shape index (κ2) is 5.77. The van der Waals surface area contributed by atoms with Crippen molar-refractivity contribution in [1.82, 2.24) is 14.7 Å². The molecule has 3 atom stereocenters. The number of carbonyl (C=O) groups is 1. The number of nitrogens with zero attached hydrogens (tertiary/aromatic N) is 3. The molecule has 1 aromatic rings. The van der Waals surface area contributed by atoms with Gasteiger partial charge in [0.2, 0.25) is 0 Å². The van der Waals surface area contributed by atoms with E-state index >= 15 is 0 Å². The number of methoxy groups -OCH3 is 1. The van der Waals surface area contributed by atoms with E-state index < -0.39 is 0 Å². The normalized spacial score (nSPS) is 28.7. The van der Waals surface area contributed by atoms with Crippen molar-refractivity contribution in [2.45, 2.75) is 51.5 Å². The fourth-order valence-corrected chi connectivity index (χ4v) is 3.46. The van der Waals surface area contributed by atoms with Gasteiger partial charge in [0.1, 0.15) is 17.9 Å². The molecule has 1 amide bonds. The minimum atomic E-state index is -0.0293. The lowest BCUT2D eigenvalue weighted by Gasteiger charge is -2.32. The maximum absolute atomic E-state index is 12.9. The molecule has 0 bridgehead atoms. The molecule has 6 nitrogen and oxygen atoms in total.